The predicted molar refractivity (Wildman–Crippen MR) is 63.5 cm³/mol. The first-order valence-electron chi connectivity index (χ1n) is 5.68. The number of benzene rings is 1. The Bertz CT molecular complexity index is 335. The van der Waals surface area contributed by atoms with E-state index in [4.69, 9.17) is 0 Å². The third kappa shape index (κ3) is 3.98. The Balaban J connectivity index is 2.51. The normalized spacial score (nSPS) is 12.4. The number of quaternary nitrogens is 1. The Morgan fingerprint density at radius 1 is 1.31 bits per heavy atom. The van der Waals surface area contributed by atoms with Crippen molar-refractivity contribution in [2.24, 2.45) is 0 Å². The summed E-state index contributed by atoms with van der Waals surface area (Å²) in [5, 5.41) is 10.5. The molecule has 88 valence electrons. The molecule has 4 heteroatoms. The number of nitrogens with zero attached hydrogens (tertiary/aromatic N) is 1. The van der Waals surface area contributed by atoms with E-state index in [1.54, 1.807) is 12.1 Å². The van der Waals surface area contributed by atoms with Crippen LogP contribution in [-0.2, 0) is 6.54 Å². The summed E-state index contributed by atoms with van der Waals surface area (Å²) >= 11 is 0. The van der Waals surface area contributed by atoms with Gasteiger partial charge in [0.25, 0.3) is 5.69 Å². The Morgan fingerprint density at radius 2 is 1.94 bits per heavy atom. The minimum Gasteiger partial charge on any atom is -0.334 e. The van der Waals surface area contributed by atoms with Crippen LogP contribution in [0.25, 0.3) is 0 Å². The molecule has 0 fully saturated rings. The molecule has 0 spiro atoms. The van der Waals surface area contributed by atoms with Crippen molar-refractivity contribution in [3.8, 4) is 0 Å². The molecule has 4 nitrogen and oxygen atoms in total. The number of hydrogen-bond acceptors (Lipinski definition) is 2. The summed E-state index contributed by atoms with van der Waals surface area (Å²) in [6, 6.07) is 6.83. The van der Waals surface area contributed by atoms with Gasteiger partial charge in [-0.15, -0.1) is 0 Å². The third-order valence-corrected chi connectivity index (χ3v) is 2.61. The van der Waals surface area contributed by atoms with E-state index >= 15 is 0 Å². The maximum atomic E-state index is 10.5. The van der Waals surface area contributed by atoms with Crippen molar-refractivity contribution in [1.29, 1.82) is 0 Å². The second-order valence-corrected chi connectivity index (χ2v) is 4.16. The molecule has 0 heterocycles. The molecule has 0 amide bonds. The summed E-state index contributed by atoms with van der Waals surface area (Å²) < 4.78 is 0. The Hall–Kier alpha value is -1.42. The molecule has 1 rings (SSSR count). The highest BCUT2D eigenvalue weighted by Gasteiger charge is 2.06. The average Bonchev–Trinajstić information content (AvgIpc) is 2.27. The van der Waals surface area contributed by atoms with Crippen molar-refractivity contribution >= 4 is 5.69 Å². The monoisotopic (exact) mass is 223 g/mol. The smallest absolute Gasteiger partial charge is 0.269 e. The van der Waals surface area contributed by atoms with Crippen LogP contribution in [-0.4, -0.2) is 18.5 Å². The number of rotatable bonds is 6. The van der Waals surface area contributed by atoms with Crippen LogP contribution < -0.4 is 4.90 Å². The largest absolute Gasteiger partial charge is 0.334 e. The van der Waals surface area contributed by atoms with E-state index in [-0.39, 0.29) is 10.6 Å². The number of non-ortho nitro benzene ring substituents is 1. The minimum absolute atomic E-state index is 0.162. The number of nitro groups is 1. The summed E-state index contributed by atoms with van der Waals surface area (Å²) in [7, 11) is 2.15. The highest BCUT2D eigenvalue weighted by Crippen LogP contribution is 2.10. The maximum Gasteiger partial charge on any atom is 0.269 e. The zero-order valence-corrected chi connectivity index (χ0v) is 9.90. The topological polar surface area (TPSA) is 47.6 Å². The molecule has 16 heavy (non-hydrogen) atoms. The van der Waals surface area contributed by atoms with Crippen molar-refractivity contribution < 1.29 is 9.82 Å². The molecular weight excluding hydrogens is 204 g/mol. The van der Waals surface area contributed by atoms with Crippen molar-refractivity contribution in [2.45, 2.75) is 26.3 Å². The lowest BCUT2D eigenvalue weighted by atomic mass is 10.2. The molecule has 0 aliphatic carbocycles. The van der Waals surface area contributed by atoms with Gasteiger partial charge in [0, 0.05) is 17.7 Å². The highest BCUT2D eigenvalue weighted by atomic mass is 16.6. The third-order valence-electron chi connectivity index (χ3n) is 2.61. The van der Waals surface area contributed by atoms with E-state index in [0.29, 0.717) is 0 Å². The Labute approximate surface area is 96.0 Å². The van der Waals surface area contributed by atoms with Gasteiger partial charge in [-0.1, -0.05) is 13.3 Å². The van der Waals surface area contributed by atoms with E-state index in [0.717, 1.165) is 18.7 Å². The lowest BCUT2D eigenvalue weighted by Crippen LogP contribution is -3.07. The number of hydrogen-bond donors (Lipinski definition) is 1. The fourth-order valence-corrected chi connectivity index (χ4v) is 1.65. The molecule has 0 bridgehead atoms. The minimum atomic E-state index is -0.364. The molecule has 0 saturated carbocycles. The van der Waals surface area contributed by atoms with E-state index < -0.39 is 0 Å². The molecule has 1 unspecified atom stereocenters. The van der Waals surface area contributed by atoms with Gasteiger partial charge in [0.05, 0.1) is 18.5 Å². The molecule has 0 radical (unpaired) electrons. The van der Waals surface area contributed by atoms with Gasteiger partial charge >= 0.3 is 0 Å². The van der Waals surface area contributed by atoms with E-state index in [1.807, 2.05) is 12.1 Å². The van der Waals surface area contributed by atoms with Crippen LogP contribution in [0.1, 0.15) is 25.3 Å². The van der Waals surface area contributed by atoms with Crippen LogP contribution in [0.2, 0.25) is 0 Å². The molecule has 0 aliphatic rings. The quantitative estimate of drug-likeness (QED) is 0.585. The van der Waals surface area contributed by atoms with Gasteiger partial charge in [-0.3, -0.25) is 10.1 Å². The van der Waals surface area contributed by atoms with Gasteiger partial charge in [0.1, 0.15) is 6.54 Å². The van der Waals surface area contributed by atoms with Gasteiger partial charge in [-0.25, -0.2) is 0 Å². The first-order valence-corrected chi connectivity index (χ1v) is 5.68. The maximum absolute atomic E-state index is 10.5. The van der Waals surface area contributed by atoms with E-state index in [1.165, 1.54) is 17.7 Å². The van der Waals surface area contributed by atoms with Crippen LogP contribution in [0.5, 0.6) is 0 Å². The van der Waals surface area contributed by atoms with Gasteiger partial charge in [0.15, 0.2) is 0 Å². The lowest BCUT2D eigenvalue weighted by molar-refractivity contribution is -0.894. The van der Waals surface area contributed by atoms with Crippen molar-refractivity contribution in [1.82, 2.24) is 0 Å². The Morgan fingerprint density at radius 3 is 2.44 bits per heavy atom. The number of nitrogens with one attached hydrogen (secondary N) is 1. The van der Waals surface area contributed by atoms with E-state index in [9.17, 15) is 10.1 Å². The molecule has 0 saturated heterocycles. The zero-order chi connectivity index (χ0) is 12.0. The summed E-state index contributed by atoms with van der Waals surface area (Å²) in [5.41, 5.74) is 1.31. The van der Waals surface area contributed by atoms with Gasteiger partial charge < -0.3 is 4.90 Å². The average molecular weight is 223 g/mol. The summed E-state index contributed by atoms with van der Waals surface area (Å²) in [6.45, 7) is 4.25. The molecule has 1 aromatic rings. The van der Waals surface area contributed by atoms with Crippen LogP contribution >= 0.6 is 0 Å². The van der Waals surface area contributed by atoms with Gasteiger partial charge in [-0.05, 0) is 18.6 Å². The standard InChI is InChI=1S/C12H18N2O2/c1-3-4-9-13(2)10-11-5-7-12(8-6-11)14(15)16/h5-8H,3-4,9-10H2,1-2H3/p+1. The van der Waals surface area contributed by atoms with Crippen molar-refractivity contribution in [3.63, 3.8) is 0 Å². The van der Waals surface area contributed by atoms with Crippen molar-refractivity contribution in [3.05, 3.63) is 39.9 Å². The highest BCUT2D eigenvalue weighted by molar-refractivity contribution is 5.32. The summed E-state index contributed by atoms with van der Waals surface area (Å²) in [4.78, 5) is 11.6. The van der Waals surface area contributed by atoms with Crippen LogP contribution in [0.3, 0.4) is 0 Å². The second kappa shape index (κ2) is 6.23. The fraction of sp³-hybridized carbons (Fsp3) is 0.500. The summed E-state index contributed by atoms with van der Waals surface area (Å²) in [5.74, 6) is 0. The SMILES string of the molecule is CCCC[NH+](C)Cc1ccc([N+](=O)[O-])cc1. The van der Waals surface area contributed by atoms with Crippen LogP contribution in [0.4, 0.5) is 5.69 Å². The second-order valence-electron chi connectivity index (χ2n) is 4.16. The first-order chi connectivity index (χ1) is 7.63. The molecule has 0 aliphatic heterocycles. The molecule has 1 atom stereocenters. The van der Waals surface area contributed by atoms with Crippen LogP contribution in [0.15, 0.2) is 24.3 Å². The lowest BCUT2D eigenvalue weighted by Gasteiger charge is -2.13. The van der Waals surface area contributed by atoms with Gasteiger partial charge in [0.2, 0.25) is 0 Å². The van der Waals surface area contributed by atoms with Crippen LogP contribution in [0, 0.1) is 10.1 Å². The summed E-state index contributed by atoms with van der Waals surface area (Å²) in [6.07, 6.45) is 2.43. The number of unbranched alkanes of at least 4 members (excludes halogenated alkanes) is 1. The molecule has 1 N–H and O–H groups in total. The van der Waals surface area contributed by atoms with E-state index in [2.05, 4.69) is 14.0 Å². The number of nitro benzene ring substituents is 1. The molecular formula is C12H19N2O2+. The molecule has 1 aromatic carbocycles. The van der Waals surface area contributed by atoms with Gasteiger partial charge in [-0.2, -0.15) is 0 Å². The fourth-order valence-electron chi connectivity index (χ4n) is 1.65. The first kappa shape index (κ1) is 12.6. The molecule has 0 aromatic heterocycles. The zero-order valence-electron chi connectivity index (χ0n) is 9.90. The van der Waals surface area contributed by atoms with Crippen molar-refractivity contribution in [2.75, 3.05) is 13.6 Å². The Kier molecular flexibility index (Phi) is 4.92. The predicted octanol–water partition coefficient (Wildman–Crippen LogP) is 1.41.